The Morgan fingerprint density at radius 3 is 2.76 bits per heavy atom. The molecule has 0 bridgehead atoms. The van der Waals surface area contributed by atoms with Crippen LogP contribution in [0.4, 0.5) is 13.2 Å². The van der Waals surface area contributed by atoms with E-state index in [4.69, 9.17) is 0 Å². The third-order valence-corrected chi connectivity index (χ3v) is 3.56. The van der Waals surface area contributed by atoms with Crippen molar-refractivity contribution >= 4 is 5.91 Å². The van der Waals surface area contributed by atoms with Crippen molar-refractivity contribution in [1.82, 2.24) is 14.7 Å². The number of amides is 1. The molecule has 0 unspecified atom stereocenters. The molecule has 0 aliphatic heterocycles. The number of nitrogens with zero attached hydrogens (tertiary/aromatic N) is 3. The number of alkyl halides is 3. The summed E-state index contributed by atoms with van der Waals surface area (Å²) in [6.45, 7) is 1.54. The second-order valence-corrected chi connectivity index (χ2v) is 5.61. The fraction of sp³-hybridized carbons (Fsp3) is 0.412. The van der Waals surface area contributed by atoms with Crippen LogP contribution in [0.1, 0.15) is 28.5 Å². The minimum absolute atomic E-state index is 0.201. The molecular weight excluding hydrogens is 335 g/mol. The molecule has 1 aromatic heterocycles. The van der Waals surface area contributed by atoms with Gasteiger partial charge in [-0.3, -0.25) is 9.48 Å². The van der Waals surface area contributed by atoms with Crippen LogP contribution in [0, 0.1) is 0 Å². The van der Waals surface area contributed by atoms with E-state index in [1.54, 1.807) is 47.1 Å². The van der Waals surface area contributed by atoms with Gasteiger partial charge in [-0.1, -0.05) is 12.1 Å². The zero-order valence-corrected chi connectivity index (χ0v) is 14.1. The summed E-state index contributed by atoms with van der Waals surface area (Å²) in [5.41, 5.74) is 1.82. The number of hydrogen-bond donors (Lipinski definition) is 0. The number of carbonyl (C=O) groups is 1. The predicted octanol–water partition coefficient (Wildman–Crippen LogP) is 3.25. The van der Waals surface area contributed by atoms with E-state index in [9.17, 15) is 18.0 Å². The van der Waals surface area contributed by atoms with E-state index < -0.39 is 12.8 Å². The van der Waals surface area contributed by atoms with E-state index in [1.807, 2.05) is 13.0 Å². The Kier molecular flexibility index (Phi) is 6.19. The molecule has 0 spiro atoms. The summed E-state index contributed by atoms with van der Waals surface area (Å²) >= 11 is 0. The van der Waals surface area contributed by atoms with Gasteiger partial charge in [0, 0.05) is 25.4 Å². The Morgan fingerprint density at radius 2 is 2.08 bits per heavy atom. The van der Waals surface area contributed by atoms with Crippen molar-refractivity contribution in [1.29, 1.82) is 0 Å². The molecule has 2 rings (SSSR count). The summed E-state index contributed by atoms with van der Waals surface area (Å²) in [7, 11) is 1.67. The van der Waals surface area contributed by atoms with E-state index in [0.29, 0.717) is 24.2 Å². The van der Waals surface area contributed by atoms with Crippen LogP contribution in [0.15, 0.2) is 36.5 Å². The molecule has 0 aliphatic rings. The molecule has 1 aromatic carbocycles. The largest absolute Gasteiger partial charge is 0.411 e. The summed E-state index contributed by atoms with van der Waals surface area (Å²) < 4.78 is 42.8. The van der Waals surface area contributed by atoms with Crippen molar-refractivity contribution < 1.29 is 22.7 Å². The van der Waals surface area contributed by atoms with Crippen LogP contribution in [-0.4, -0.2) is 40.4 Å². The van der Waals surface area contributed by atoms with Crippen LogP contribution >= 0.6 is 0 Å². The highest BCUT2D eigenvalue weighted by Gasteiger charge is 2.27. The number of benzene rings is 1. The average Bonchev–Trinajstić information content (AvgIpc) is 3.00. The third-order valence-electron chi connectivity index (χ3n) is 3.56. The zero-order chi connectivity index (χ0) is 18.4. The number of rotatable bonds is 7. The molecule has 8 heteroatoms. The Hall–Kier alpha value is -2.35. The maximum absolute atomic E-state index is 12.5. The first-order valence-electron chi connectivity index (χ1n) is 7.79. The molecule has 2 aromatic rings. The topological polar surface area (TPSA) is 47.4 Å². The Balaban J connectivity index is 2.00. The van der Waals surface area contributed by atoms with Crippen molar-refractivity contribution in [3.63, 3.8) is 0 Å². The molecule has 0 saturated carbocycles. The summed E-state index contributed by atoms with van der Waals surface area (Å²) in [5, 5.41) is 4.16. The SMILES string of the molecule is CCn1nccc1CN(C)C(=O)c1cccc(COCC(F)(F)F)c1. The normalized spacial score (nSPS) is 11.6. The lowest BCUT2D eigenvalue weighted by Crippen LogP contribution is -2.27. The number of carbonyl (C=O) groups excluding carboxylic acids is 1. The highest BCUT2D eigenvalue weighted by atomic mass is 19.4. The predicted molar refractivity (Wildman–Crippen MR) is 85.9 cm³/mol. The minimum Gasteiger partial charge on any atom is -0.367 e. The van der Waals surface area contributed by atoms with Crippen molar-refractivity contribution in [2.75, 3.05) is 13.7 Å². The number of aromatic nitrogens is 2. The lowest BCUT2D eigenvalue weighted by atomic mass is 10.1. The first kappa shape index (κ1) is 19.0. The van der Waals surface area contributed by atoms with E-state index in [1.165, 1.54) is 0 Å². The lowest BCUT2D eigenvalue weighted by molar-refractivity contribution is -0.176. The van der Waals surface area contributed by atoms with E-state index in [-0.39, 0.29) is 12.5 Å². The molecule has 0 radical (unpaired) electrons. The fourth-order valence-electron chi connectivity index (χ4n) is 2.39. The maximum atomic E-state index is 12.5. The molecular formula is C17H20F3N3O2. The van der Waals surface area contributed by atoms with Gasteiger partial charge in [-0.2, -0.15) is 18.3 Å². The number of hydrogen-bond acceptors (Lipinski definition) is 3. The Morgan fingerprint density at radius 1 is 1.32 bits per heavy atom. The molecule has 0 saturated heterocycles. The van der Waals surface area contributed by atoms with Gasteiger partial charge in [-0.05, 0) is 30.7 Å². The molecule has 25 heavy (non-hydrogen) atoms. The Bertz CT molecular complexity index is 713. The molecule has 136 valence electrons. The minimum atomic E-state index is -4.37. The molecule has 0 fully saturated rings. The molecule has 5 nitrogen and oxygen atoms in total. The molecule has 0 N–H and O–H groups in total. The van der Waals surface area contributed by atoms with Crippen LogP contribution in [0.25, 0.3) is 0 Å². The summed E-state index contributed by atoms with van der Waals surface area (Å²) in [6.07, 6.45) is -2.69. The monoisotopic (exact) mass is 355 g/mol. The number of ether oxygens (including phenoxy) is 1. The van der Waals surface area contributed by atoms with E-state index >= 15 is 0 Å². The van der Waals surface area contributed by atoms with Crippen molar-refractivity contribution in [3.05, 3.63) is 53.3 Å². The fourth-order valence-corrected chi connectivity index (χ4v) is 2.39. The van der Waals surface area contributed by atoms with Gasteiger partial charge in [0.05, 0.1) is 18.8 Å². The second-order valence-electron chi connectivity index (χ2n) is 5.61. The first-order valence-corrected chi connectivity index (χ1v) is 7.79. The molecule has 0 atom stereocenters. The Labute approximate surface area is 144 Å². The van der Waals surface area contributed by atoms with Gasteiger partial charge in [0.2, 0.25) is 0 Å². The van der Waals surface area contributed by atoms with Crippen LogP contribution < -0.4 is 0 Å². The van der Waals surface area contributed by atoms with Gasteiger partial charge in [-0.25, -0.2) is 0 Å². The summed E-state index contributed by atoms with van der Waals surface area (Å²) in [4.78, 5) is 14.1. The average molecular weight is 355 g/mol. The van der Waals surface area contributed by atoms with Gasteiger partial charge in [0.25, 0.3) is 5.91 Å². The molecule has 1 heterocycles. The van der Waals surface area contributed by atoms with Crippen molar-refractivity contribution in [3.8, 4) is 0 Å². The third kappa shape index (κ3) is 5.60. The van der Waals surface area contributed by atoms with Crippen LogP contribution in [-0.2, 0) is 24.4 Å². The van der Waals surface area contributed by atoms with E-state index in [2.05, 4.69) is 9.84 Å². The van der Waals surface area contributed by atoms with Gasteiger partial charge < -0.3 is 9.64 Å². The molecule has 0 aliphatic carbocycles. The second kappa shape index (κ2) is 8.15. The standard InChI is InChI=1S/C17H20F3N3O2/c1-3-23-15(7-8-21-23)10-22(2)16(24)14-6-4-5-13(9-14)11-25-12-17(18,19)20/h4-9H,3,10-12H2,1-2H3. The quantitative estimate of drug-likeness (QED) is 0.766. The lowest BCUT2D eigenvalue weighted by Gasteiger charge is -2.18. The molecule has 1 amide bonds. The van der Waals surface area contributed by atoms with Gasteiger partial charge in [0.15, 0.2) is 0 Å². The maximum Gasteiger partial charge on any atom is 0.411 e. The van der Waals surface area contributed by atoms with Crippen LogP contribution in [0.5, 0.6) is 0 Å². The first-order chi connectivity index (χ1) is 11.8. The zero-order valence-electron chi connectivity index (χ0n) is 14.1. The summed E-state index contributed by atoms with van der Waals surface area (Å²) in [6, 6.07) is 8.27. The van der Waals surface area contributed by atoms with Crippen molar-refractivity contribution in [2.24, 2.45) is 0 Å². The highest BCUT2D eigenvalue weighted by Crippen LogP contribution is 2.16. The smallest absolute Gasteiger partial charge is 0.367 e. The summed E-state index contributed by atoms with van der Waals surface area (Å²) in [5.74, 6) is -0.221. The number of aryl methyl sites for hydroxylation is 1. The van der Waals surface area contributed by atoms with Crippen LogP contribution in [0.3, 0.4) is 0 Å². The highest BCUT2D eigenvalue weighted by molar-refractivity contribution is 5.94. The van der Waals surface area contributed by atoms with E-state index in [0.717, 1.165) is 5.69 Å². The van der Waals surface area contributed by atoms with Crippen molar-refractivity contribution in [2.45, 2.75) is 32.8 Å². The van der Waals surface area contributed by atoms with Gasteiger partial charge >= 0.3 is 6.18 Å². The number of halogens is 3. The van der Waals surface area contributed by atoms with Crippen LogP contribution in [0.2, 0.25) is 0 Å². The van der Waals surface area contributed by atoms with Gasteiger partial charge in [0.1, 0.15) is 6.61 Å². The van der Waals surface area contributed by atoms with Gasteiger partial charge in [-0.15, -0.1) is 0 Å².